The first-order valence-corrected chi connectivity index (χ1v) is 9.22. The maximum atomic E-state index is 5.48. The first-order valence-electron chi connectivity index (χ1n) is 8.34. The van der Waals surface area contributed by atoms with Gasteiger partial charge in [0.2, 0.25) is 11.7 Å². The highest BCUT2D eigenvalue weighted by Gasteiger charge is 2.20. The molecule has 4 heterocycles. The van der Waals surface area contributed by atoms with Gasteiger partial charge in [-0.3, -0.25) is 4.98 Å². The molecule has 0 atom stereocenters. The molecule has 1 aliphatic heterocycles. The SMILES string of the molecule is Cc1ncc2c(c1-c1noc(CCCc3cccs3)n1)CCNC2.Cl. The van der Waals surface area contributed by atoms with Crippen molar-refractivity contribution < 1.29 is 4.52 Å². The van der Waals surface area contributed by atoms with Gasteiger partial charge in [-0.1, -0.05) is 11.2 Å². The Morgan fingerprint density at radius 2 is 2.24 bits per heavy atom. The van der Waals surface area contributed by atoms with Crippen LogP contribution in [-0.2, 0) is 25.8 Å². The highest BCUT2D eigenvalue weighted by Crippen LogP contribution is 2.28. The lowest BCUT2D eigenvalue weighted by molar-refractivity contribution is 0.376. The Morgan fingerprint density at radius 3 is 3.08 bits per heavy atom. The number of hydrogen-bond acceptors (Lipinski definition) is 6. The van der Waals surface area contributed by atoms with Gasteiger partial charge in [0.05, 0.1) is 0 Å². The molecule has 0 aliphatic carbocycles. The van der Waals surface area contributed by atoms with E-state index in [1.807, 2.05) is 13.1 Å². The minimum absolute atomic E-state index is 0. The number of fused-ring (bicyclic) bond motifs is 1. The van der Waals surface area contributed by atoms with Crippen LogP contribution in [0.4, 0.5) is 0 Å². The molecule has 3 aromatic rings. The van der Waals surface area contributed by atoms with Gasteiger partial charge in [-0.2, -0.15) is 4.98 Å². The molecule has 25 heavy (non-hydrogen) atoms. The Labute approximate surface area is 157 Å². The molecule has 4 rings (SSSR count). The zero-order valence-electron chi connectivity index (χ0n) is 14.1. The number of halogens is 1. The van der Waals surface area contributed by atoms with E-state index in [0.29, 0.717) is 11.7 Å². The fraction of sp³-hybridized carbons (Fsp3) is 0.389. The molecule has 0 unspecified atom stereocenters. The summed E-state index contributed by atoms with van der Waals surface area (Å²) >= 11 is 1.80. The number of hydrogen-bond donors (Lipinski definition) is 1. The maximum absolute atomic E-state index is 5.48. The van der Waals surface area contributed by atoms with Gasteiger partial charge in [0.1, 0.15) is 0 Å². The summed E-state index contributed by atoms with van der Waals surface area (Å²) in [6.45, 7) is 3.86. The van der Waals surface area contributed by atoms with Crippen LogP contribution in [0.3, 0.4) is 0 Å². The predicted molar refractivity (Wildman–Crippen MR) is 101 cm³/mol. The number of rotatable bonds is 5. The number of nitrogens with one attached hydrogen (secondary N) is 1. The van der Waals surface area contributed by atoms with Gasteiger partial charge in [-0.15, -0.1) is 23.7 Å². The zero-order chi connectivity index (χ0) is 16.4. The standard InChI is InChI=1S/C18H20N4OS.ClH/c1-12-17(15-7-8-19-10-13(15)11-20-12)18-21-16(23-22-18)6-2-4-14-5-3-9-24-14;/h3,5,9,11,19H,2,4,6-8,10H2,1H3;1H. The number of aryl methyl sites for hydroxylation is 3. The highest BCUT2D eigenvalue weighted by molar-refractivity contribution is 7.09. The average Bonchev–Trinajstić information content (AvgIpc) is 3.27. The number of nitrogens with zero attached hydrogens (tertiary/aromatic N) is 3. The second-order valence-electron chi connectivity index (χ2n) is 6.09. The van der Waals surface area contributed by atoms with Crippen LogP contribution in [0.1, 0.15) is 34.0 Å². The van der Waals surface area contributed by atoms with Gasteiger partial charge < -0.3 is 9.84 Å². The van der Waals surface area contributed by atoms with Crippen molar-refractivity contribution in [3.63, 3.8) is 0 Å². The van der Waals surface area contributed by atoms with Crippen molar-refractivity contribution >= 4 is 23.7 Å². The zero-order valence-corrected chi connectivity index (χ0v) is 15.8. The molecule has 7 heteroatoms. The molecule has 0 bridgehead atoms. The molecule has 3 aromatic heterocycles. The lowest BCUT2D eigenvalue weighted by atomic mass is 9.95. The maximum Gasteiger partial charge on any atom is 0.226 e. The Kier molecular flexibility index (Phi) is 5.83. The van der Waals surface area contributed by atoms with Gasteiger partial charge in [0, 0.05) is 35.3 Å². The highest BCUT2D eigenvalue weighted by atomic mass is 35.5. The summed E-state index contributed by atoms with van der Waals surface area (Å²) in [5, 5.41) is 9.72. The van der Waals surface area contributed by atoms with Gasteiger partial charge in [0.15, 0.2) is 0 Å². The monoisotopic (exact) mass is 376 g/mol. The molecule has 132 valence electrons. The Morgan fingerprint density at radius 1 is 1.32 bits per heavy atom. The van der Waals surface area contributed by atoms with Gasteiger partial charge in [-0.25, -0.2) is 0 Å². The molecule has 0 saturated carbocycles. The van der Waals surface area contributed by atoms with E-state index in [0.717, 1.165) is 50.0 Å². The average molecular weight is 377 g/mol. The van der Waals surface area contributed by atoms with Crippen LogP contribution in [0.25, 0.3) is 11.4 Å². The molecule has 0 saturated heterocycles. The Balaban J connectivity index is 0.00000182. The van der Waals surface area contributed by atoms with E-state index in [2.05, 4.69) is 38.0 Å². The fourth-order valence-corrected chi connectivity index (χ4v) is 3.95. The molecule has 0 fully saturated rings. The van der Waals surface area contributed by atoms with Crippen LogP contribution in [-0.4, -0.2) is 21.7 Å². The van der Waals surface area contributed by atoms with Crippen molar-refractivity contribution in [2.45, 2.75) is 39.2 Å². The normalized spacial score (nSPS) is 13.3. The van der Waals surface area contributed by atoms with Gasteiger partial charge >= 0.3 is 0 Å². The minimum Gasteiger partial charge on any atom is -0.339 e. The van der Waals surface area contributed by atoms with Crippen molar-refractivity contribution in [1.82, 2.24) is 20.4 Å². The molecule has 0 spiro atoms. The largest absolute Gasteiger partial charge is 0.339 e. The second kappa shape index (κ2) is 8.08. The third-order valence-corrected chi connectivity index (χ3v) is 5.35. The topological polar surface area (TPSA) is 63.8 Å². The van der Waals surface area contributed by atoms with Crippen molar-refractivity contribution in [3.8, 4) is 11.4 Å². The molecule has 1 N–H and O–H groups in total. The third-order valence-electron chi connectivity index (χ3n) is 4.42. The molecule has 0 radical (unpaired) electrons. The van der Waals surface area contributed by atoms with E-state index in [-0.39, 0.29) is 12.4 Å². The van der Waals surface area contributed by atoms with Crippen LogP contribution in [0.2, 0.25) is 0 Å². The van der Waals surface area contributed by atoms with E-state index in [1.165, 1.54) is 16.0 Å². The summed E-state index contributed by atoms with van der Waals surface area (Å²) in [5.41, 5.74) is 4.59. The molecule has 0 amide bonds. The van der Waals surface area contributed by atoms with E-state index in [1.54, 1.807) is 11.3 Å². The lowest BCUT2D eigenvalue weighted by Crippen LogP contribution is -2.24. The molecule has 5 nitrogen and oxygen atoms in total. The molecule has 0 aromatic carbocycles. The molecular formula is C18H21ClN4OS. The summed E-state index contributed by atoms with van der Waals surface area (Å²) in [5.74, 6) is 1.40. The van der Waals surface area contributed by atoms with Crippen LogP contribution >= 0.6 is 23.7 Å². The van der Waals surface area contributed by atoms with Crippen LogP contribution in [0.5, 0.6) is 0 Å². The van der Waals surface area contributed by atoms with E-state index in [9.17, 15) is 0 Å². The molecule has 1 aliphatic rings. The number of thiophene rings is 1. The van der Waals surface area contributed by atoms with Crippen LogP contribution in [0.15, 0.2) is 28.2 Å². The van der Waals surface area contributed by atoms with Crippen molar-refractivity contribution in [2.24, 2.45) is 0 Å². The van der Waals surface area contributed by atoms with Crippen molar-refractivity contribution in [1.29, 1.82) is 0 Å². The van der Waals surface area contributed by atoms with E-state index >= 15 is 0 Å². The summed E-state index contributed by atoms with van der Waals surface area (Å²) in [7, 11) is 0. The lowest BCUT2D eigenvalue weighted by Gasteiger charge is -2.19. The third kappa shape index (κ3) is 3.92. The van der Waals surface area contributed by atoms with Gasteiger partial charge in [-0.05, 0) is 55.3 Å². The van der Waals surface area contributed by atoms with E-state index in [4.69, 9.17) is 4.52 Å². The molecular weight excluding hydrogens is 356 g/mol. The first-order chi connectivity index (χ1) is 11.8. The quantitative estimate of drug-likeness (QED) is 0.734. The number of pyridine rings is 1. The Hall–Kier alpha value is -1.76. The second-order valence-corrected chi connectivity index (χ2v) is 7.13. The summed E-state index contributed by atoms with van der Waals surface area (Å²) in [6.07, 6.45) is 5.84. The first kappa shape index (κ1) is 18.0. The fourth-order valence-electron chi connectivity index (χ4n) is 3.19. The summed E-state index contributed by atoms with van der Waals surface area (Å²) in [4.78, 5) is 10.5. The summed E-state index contributed by atoms with van der Waals surface area (Å²) < 4.78 is 5.48. The van der Waals surface area contributed by atoms with Crippen LogP contribution in [0, 0.1) is 6.92 Å². The summed E-state index contributed by atoms with van der Waals surface area (Å²) in [6, 6.07) is 4.26. The van der Waals surface area contributed by atoms with E-state index < -0.39 is 0 Å². The van der Waals surface area contributed by atoms with Gasteiger partial charge in [0.25, 0.3) is 0 Å². The predicted octanol–water partition coefficient (Wildman–Crippen LogP) is 3.74. The minimum atomic E-state index is 0. The van der Waals surface area contributed by atoms with Crippen molar-refractivity contribution in [2.75, 3.05) is 6.54 Å². The van der Waals surface area contributed by atoms with Crippen LogP contribution < -0.4 is 5.32 Å². The smallest absolute Gasteiger partial charge is 0.226 e. The number of aromatic nitrogens is 3. The Bertz CT molecular complexity index is 832. The van der Waals surface area contributed by atoms with Crippen molar-refractivity contribution in [3.05, 3.63) is 51.3 Å².